The van der Waals surface area contributed by atoms with Crippen molar-refractivity contribution in [3.05, 3.63) is 35.4 Å². The zero-order chi connectivity index (χ0) is 11.7. The summed E-state index contributed by atoms with van der Waals surface area (Å²) in [4.78, 5) is 24.8. The van der Waals surface area contributed by atoms with E-state index in [2.05, 4.69) is 0 Å². The molecule has 0 radical (unpaired) electrons. The number of carbonyl (C=O) groups excluding carboxylic acids is 2. The lowest BCUT2D eigenvalue weighted by molar-refractivity contribution is -0.138. The smallest absolute Gasteiger partial charge is 0.237 e. The summed E-state index contributed by atoms with van der Waals surface area (Å²) in [6.07, 6.45) is 0.315. The van der Waals surface area contributed by atoms with Crippen LogP contribution in [0.1, 0.15) is 37.8 Å². The van der Waals surface area contributed by atoms with Gasteiger partial charge < -0.3 is 0 Å². The Hall–Kier alpha value is -1.64. The Labute approximate surface area is 102 Å². The molecule has 3 heteroatoms. The van der Waals surface area contributed by atoms with Gasteiger partial charge in [0.1, 0.15) is 0 Å². The highest BCUT2D eigenvalue weighted by atomic mass is 16.2. The summed E-state index contributed by atoms with van der Waals surface area (Å²) in [5.74, 6) is -0.387. The number of imide groups is 1. The van der Waals surface area contributed by atoms with Gasteiger partial charge in [-0.2, -0.15) is 0 Å². The highest BCUT2D eigenvalue weighted by Gasteiger charge is 2.38. The normalized spacial score (nSPS) is 19.4. The van der Waals surface area contributed by atoms with Crippen LogP contribution in [0.5, 0.6) is 0 Å². The fourth-order valence-corrected chi connectivity index (χ4v) is 2.07. The quantitative estimate of drug-likeness (QED) is 0.736. The van der Waals surface area contributed by atoms with Gasteiger partial charge in [0.25, 0.3) is 0 Å². The summed E-state index contributed by atoms with van der Waals surface area (Å²) in [6.45, 7) is 4.30. The standard InChI is InChI=1S/C13H15NO2.CH4/c1-3-14-12(15)8-11(13(14)16)10-6-4-9(2)5-7-10;/h4-7,11H,3,8H2,1-2H3;1H4. The molecule has 1 aliphatic heterocycles. The molecule has 0 aromatic heterocycles. The van der Waals surface area contributed by atoms with Gasteiger partial charge in [0, 0.05) is 13.0 Å². The molecule has 0 bridgehead atoms. The van der Waals surface area contributed by atoms with E-state index < -0.39 is 0 Å². The Balaban J connectivity index is 0.00000144. The molecular formula is C14H19NO2. The second-order valence-corrected chi connectivity index (χ2v) is 4.14. The van der Waals surface area contributed by atoms with Crippen molar-refractivity contribution in [2.24, 2.45) is 0 Å². The molecular weight excluding hydrogens is 214 g/mol. The monoisotopic (exact) mass is 233 g/mol. The Morgan fingerprint density at radius 2 is 1.82 bits per heavy atom. The van der Waals surface area contributed by atoms with E-state index in [4.69, 9.17) is 0 Å². The average Bonchev–Trinajstić information content (AvgIpc) is 2.55. The predicted octanol–water partition coefficient (Wildman–Crippen LogP) is 2.49. The van der Waals surface area contributed by atoms with Crippen molar-refractivity contribution in [3.63, 3.8) is 0 Å². The second kappa shape index (κ2) is 5.13. The Kier molecular flexibility index (Phi) is 4.05. The largest absolute Gasteiger partial charge is 0.282 e. The lowest BCUT2D eigenvalue weighted by Crippen LogP contribution is -2.29. The number of hydrogen-bond acceptors (Lipinski definition) is 2. The molecule has 1 aromatic rings. The van der Waals surface area contributed by atoms with Crippen LogP contribution >= 0.6 is 0 Å². The summed E-state index contributed by atoms with van der Waals surface area (Å²) in [6, 6.07) is 7.82. The van der Waals surface area contributed by atoms with Crippen LogP contribution in [0.3, 0.4) is 0 Å². The van der Waals surface area contributed by atoms with Gasteiger partial charge in [0.2, 0.25) is 11.8 Å². The SMILES string of the molecule is C.CCN1C(=O)CC(c2ccc(C)cc2)C1=O. The second-order valence-electron chi connectivity index (χ2n) is 4.14. The van der Waals surface area contributed by atoms with E-state index in [0.717, 1.165) is 11.1 Å². The molecule has 2 amide bonds. The third-order valence-electron chi connectivity index (χ3n) is 3.04. The number of benzene rings is 1. The number of aryl methyl sites for hydroxylation is 1. The average molecular weight is 233 g/mol. The first-order valence-electron chi connectivity index (χ1n) is 5.54. The molecule has 17 heavy (non-hydrogen) atoms. The van der Waals surface area contributed by atoms with Crippen molar-refractivity contribution in [2.75, 3.05) is 6.54 Å². The van der Waals surface area contributed by atoms with Crippen molar-refractivity contribution in [1.29, 1.82) is 0 Å². The van der Waals surface area contributed by atoms with Gasteiger partial charge in [-0.1, -0.05) is 37.3 Å². The number of carbonyl (C=O) groups is 2. The molecule has 1 aliphatic rings. The fraction of sp³-hybridized carbons (Fsp3) is 0.429. The van der Waals surface area contributed by atoms with Gasteiger partial charge in [-0.05, 0) is 19.4 Å². The molecule has 92 valence electrons. The van der Waals surface area contributed by atoms with Gasteiger partial charge in [-0.15, -0.1) is 0 Å². The van der Waals surface area contributed by atoms with Crippen LogP contribution < -0.4 is 0 Å². The molecule has 2 rings (SSSR count). The van der Waals surface area contributed by atoms with Gasteiger partial charge in [0.15, 0.2) is 0 Å². The molecule has 1 saturated heterocycles. The Morgan fingerprint density at radius 3 is 2.29 bits per heavy atom. The molecule has 1 aromatic carbocycles. The first kappa shape index (κ1) is 13.4. The van der Waals surface area contributed by atoms with Crippen LogP contribution in [-0.2, 0) is 9.59 Å². The van der Waals surface area contributed by atoms with Crippen LogP contribution in [-0.4, -0.2) is 23.3 Å². The van der Waals surface area contributed by atoms with E-state index in [-0.39, 0.29) is 25.2 Å². The topological polar surface area (TPSA) is 37.4 Å². The molecule has 0 saturated carbocycles. The maximum Gasteiger partial charge on any atom is 0.237 e. The predicted molar refractivity (Wildman–Crippen MR) is 67.7 cm³/mol. The van der Waals surface area contributed by atoms with Crippen LogP contribution in [0.25, 0.3) is 0 Å². The maximum atomic E-state index is 11.9. The van der Waals surface area contributed by atoms with Crippen LogP contribution in [0, 0.1) is 6.92 Å². The molecule has 1 heterocycles. The minimum absolute atomic E-state index is 0. The van der Waals surface area contributed by atoms with E-state index in [1.54, 1.807) is 0 Å². The molecule has 0 N–H and O–H groups in total. The number of likely N-dealkylation sites (N-methyl/N-ethyl adjacent to an activating group) is 1. The number of hydrogen-bond donors (Lipinski definition) is 0. The van der Waals surface area contributed by atoms with Crippen molar-refractivity contribution < 1.29 is 9.59 Å². The summed E-state index contributed by atoms with van der Waals surface area (Å²) in [5.41, 5.74) is 2.10. The summed E-state index contributed by atoms with van der Waals surface area (Å²) in [5, 5.41) is 0. The van der Waals surface area contributed by atoms with E-state index in [9.17, 15) is 9.59 Å². The third-order valence-corrected chi connectivity index (χ3v) is 3.04. The van der Waals surface area contributed by atoms with Gasteiger partial charge in [-0.3, -0.25) is 14.5 Å². The summed E-state index contributed by atoms with van der Waals surface area (Å²) < 4.78 is 0. The van der Waals surface area contributed by atoms with E-state index >= 15 is 0 Å². The van der Waals surface area contributed by atoms with Crippen LogP contribution in [0.15, 0.2) is 24.3 Å². The first-order chi connectivity index (χ1) is 7.63. The Bertz CT molecular complexity index is 422. The number of likely N-dealkylation sites (tertiary alicyclic amines) is 1. The highest BCUT2D eigenvalue weighted by Crippen LogP contribution is 2.29. The molecule has 1 fully saturated rings. The van der Waals surface area contributed by atoms with Crippen molar-refractivity contribution in [2.45, 2.75) is 33.6 Å². The van der Waals surface area contributed by atoms with Crippen molar-refractivity contribution in [3.8, 4) is 0 Å². The molecule has 0 aliphatic carbocycles. The zero-order valence-corrected chi connectivity index (χ0v) is 9.56. The number of amides is 2. The number of nitrogens with zero attached hydrogens (tertiary/aromatic N) is 1. The van der Waals surface area contributed by atoms with E-state index in [0.29, 0.717) is 13.0 Å². The Morgan fingerprint density at radius 1 is 1.24 bits per heavy atom. The summed E-state index contributed by atoms with van der Waals surface area (Å²) >= 11 is 0. The molecule has 1 unspecified atom stereocenters. The minimum atomic E-state index is -0.270. The van der Waals surface area contributed by atoms with Gasteiger partial charge in [-0.25, -0.2) is 0 Å². The van der Waals surface area contributed by atoms with E-state index in [1.807, 2.05) is 38.1 Å². The zero-order valence-electron chi connectivity index (χ0n) is 9.56. The summed E-state index contributed by atoms with van der Waals surface area (Å²) in [7, 11) is 0. The molecule has 0 spiro atoms. The van der Waals surface area contributed by atoms with Crippen molar-refractivity contribution >= 4 is 11.8 Å². The minimum Gasteiger partial charge on any atom is -0.282 e. The van der Waals surface area contributed by atoms with E-state index in [1.165, 1.54) is 4.90 Å². The maximum absolute atomic E-state index is 11.9. The fourth-order valence-electron chi connectivity index (χ4n) is 2.07. The van der Waals surface area contributed by atoms with Crippen LogP contribution in [0.2, 0.25) is 0 Å². The van der Waals surface area contributed by atoms with Crippen LogP contribution in [0.4, 0.5) is 0 Å². The highest BCUT2D eigenvalue weighted by molar-refractivity contribution is 6.06. The van der Waals surface area contributed by atoms with Crippen molar-refractivity contribution in [1.82, 2.24) is 4.90 Å². The lowest BCUT2D eigenvalue weighted by Gasteiger charge is -2.12. The number of rotatable bonds is 2. The van der Waals surface area contributed by atoms with Gasteiger partial charge in [0.05, 0.1) is 5.92 Å². The third kappa shape index (κ3) is 2.38. The first-order valence-corrected chi connectivity index (χ1v) is 5.54. The van der Waals surface area contributed by atoms with Gasteiger partial charge >= 0.3 is 0 Å². The molecule has 3 nitrogen and oxygen atoms in total. The molecule has 1 atom stereocenters. The lowest BCUT2D eigenvalue weighted by atomic mass is 9.97.